The minimum absolute atomic E-state index is 0.117. The second-order valence-electron chi connectivity index (χ2n) is 4.36. The van der Waals surface area contributed by atoms with Crippen molar-refractivity contribution in [2.24, 2.45) is 0 Å². The van der Waals surface area contributed by atoms with Crippen molar-refractivity contribution in [3.8, 4) is 10.6 Å². The Morgan fingerprint density at radius 1 is 1.15 bits per heavy atom. The highest BCUT2D eigenvalue weighted by molar-refractivity contribution is 7.15. The predicted molar refractivity (Wildman–Crippen MR) is 85.2 cm³/mol. The van der Waals surface area contributed by atoms with Gasteiger partial charge in [-0.25, -0.2) is 0 Å². The Kier molecular flexibility index (Phi) is 4.20. The predicted octanol–water partition coefficient (Wildman–Crippen LogP) is 3.97. The summed E-state index contributed by atoms with van der Waals surface area (Å²) < 4.78 is 0. The molecule has 0 aliphatic carbocycles. The van der Waals surface area contributed by atoms with Gasteiger partial charge in [0.1, 0.15) is 10.0 Å². The molecule has 0 radical (unpaired) electrons. The van der Waals surface area contributed by atoms with E-state index < -0.39 is 0 Å². The standard InChI is InChI=1S/C15H15N3S2/c1-2-16-13(11-6-4-3-5-7-11)15-18-17-14(20-15)12-8-9-19-10-12/h3-10,13,16H,2H2,1H3. The molecule has 1 N–H and O–H groups in total. The van der Waals surface area contributed by atoms with E-state index in [1.54, 1.807) is 22.7 Å². The molecule has 20 heavy (non-hydrogen) atoms. The molecule has 0 bridgehead atoms. The first-order chi connectivity index (χ1) is 9.88. The van der Waals surface area contributed by atoms with Gasteiger partial charge in [-0.2, -0.15) is 11.3 Å². The molecule has 2 aromatic heterocycles. The summed E-state index contributed by atoms with van der Waals surface area (Å²) in [6.45, 7) is 3.00. The van der Waals surface area contributed by atoms with Gasteiger partial charge in [0.05, 0.1) is 6.04 Å². The maximum Gasteiger partial charge on any atom is 0.148 e. The fraction of sp³-hybridized carbons (Fsp3) is 0.200. The highest BCUT2D eigenvalue weighted by Gasteiger charge is 2.18. The second-order valence-corrected chi connectivity index (χ2v) is 6.15. The van der Waals surface area contributed by atoms with Crippen LogP contribution in [0.15, 0.2) is 47.2 Å². The number of aromatic nitrogens is 2. The minimum atomic E-state index is 0.117. The third-order valence-corrected chi connectivity index (χ3v) is 4.72. The van der Waals surface area contributed by atoms with E-state index in [4.69, 9.17) is 0 Å². The number of hydrogen-bond acceptors (Lipinski definition) is 5. The first kappa shape index (κ1) is 13.4. The van der Waals surface area contributed by atoms with Crippen molar-refractivity contribution in [3.05, 3.63) is 57.7 Å². The normalized spacial score (nSPS) is 12.4. The maximum atomic E-state index is 4.38. The Morgan fingerprint density at radius 3 is 2.70 bits per heavy atom. The number of thiophene rings is 1. The number of nitrogens with one attached hydrogen (secondary N) is 1. The van der Waals surface area contributed by atoms with E-state index in [0.717, 1.165) is 22.1 Å². The van der Waals surface area contributed by atoms with Crippen LogP contribution in [0.4, 0.5) is 0 Å². The van der Waals surface area contributed by atoms with Crippen LogP contribution in [0.25, 0.3) is 10.6 Å². The Balaban J connectivity index is 1.92. The zero-order chi connectivity index (χ0) is 13.8. The van der Waals surface area contributed by atoms with Gasteiger partial charge in [-0.05, 0) is 23.6 Å². The number of nitrogens with zero attached hydrogens (tertiary/aromatic N) is 2. The first-order valence-corrected chi connectivity index (χ1v) is 8.28. The van der Waals surface area contributed by atoms with E-state index in [-0.39, 0.29) is 6.04 Å². The Labute approximate surface area is 126 Å². The fourth-order valence-electron chi connectivity index (χ4n) is 2.05. The highest BCUT2D eigenvalue weighted by Crippen LogP contribution is 2.30. The molecular formula is C15H15N3S2. The van der Waals surface area contributed by atoms with Gasteiger partial charge in [-0.3, -0.25) is 0 Å². The average Bonchev–Trinajstić information content (AvgIpc) is 3.16. The largest absolute Gasteiger partial charge is 0.304 e. The molecule has 5 heteroatoms. The van der Waals surface area contributed by atoms with E-state index in [9.17, 15) is 0 Å². The third-order valence-electron chi connectivity index (χ3n) is 3.00. The molecule has 3 nitrogen and oxygen atoms in total. The van der Waals surface area contributed by atoms with E-state index in [0.29, 0.717) is 0 Å². The minimum Gasteiger partial charge on any atom is -0.304 e. The van der Waals surface area contributed by atoms with Crippen LogP contribution < -0.4 is 5.32 Å². The molecule has 102 valence electrons. The summed E-state index contributed by atoms with van der Waals surface area (Å²) in [4.78, 5) is 0. The molecule has 0 aliphatic rings. The van der Waals surface area contributed by atoms with Crippen LogP contribution in [0.3, 0.4) is 0 Å². The molecule has 0 fully saturated rings. The van der Waals surface area contributed by atoms with Crippen molar-refractivity contribution in [2.45, 2.75) is 13.0 Å². The highest BCUT2D eigenvalue weighted by atomic mass is 32.1. The van der Waals surface area contributed by atoms with Crippen molar-refractivity contribution in [1.82, 2.24) is 15.5 Å². The summed E-state index contributed by atoms with van der Waals surface area (Å²) in [6.07, 6.45) is 0. The first-order valence-electron chi connectivity index (χ1n) is 6.52. The SMILES string of the molecule is CCNC(c1ccccc1)c1nnc(-c2ccsc2)s1. The lowest BCUT2D eigenvalue weighted by molar-refractivity contribution is 0.621. The zero-order valence-electron chi connectivity index (χ0n) is 11.1. The summed E-state index contributed by atoms with van der Waals surface area (Å²) in [6, 6.07) is 12.6. The van der Waals surface area contributed by atoms with Crippen LogP contribution in [0.2, 0.25) is 0 Å². The second kappa shape index (κ2) is 6.26. The fourth-order valence-corrected chi connectivity index (χ4v) is 3.71. The lowest BCUT2D eigenvalue weighted by Gasteiger charge is -2.14. The molecule has 0 aliphatic heterocycles. The summed E-state index contributed by atoms with van der Waals surface area (Å²) in [5.74, 6) is 0. The molecular weight excluding hydrogens is 286 g/mol. The van der Waals surface area contributed by atoms with E-state index in [2.05, 4.69) is 63.5 Å². The number of hydrogen-bond donors (Lipinski definition) is 1. The van der Waals surface area contributed by atoms with E-state index >= 15 is 0 Å². The van der Waals surface area contributed by atoms with Crippen LogP contribution >= 0.6 is 22.7 Å². The van der Waals surface area contributed by atoms with Gasteiger partial charge in [-0.15, -0.1) is 10.2 Å². The van der Waals surface area contributed by atoms with Gasteiger partial charge in [0, 0.05) is 10.9 Å². The number of rotatable bonds is 5. The van der Waals surface area contributed by atoms with Gasteiger partial charge < -0.3 is 5.32 Å². The maximum absolute atomic E-state index is 4.38. The summed E-state index contributed by atoms with van der Waals surface area (Å²) in [5, 5.41) is 18.4. The topological polar surface area (TPSA) is 37.8 Å². The Bertz CT molecular complexity index is 647. The Hall–Kier alpha value is -1.56. The summed E-state index contributed by atoms with van der Waals surface area (Å²) in [5.41, 5.74) is 2.38. The van der Waals surface area contributed by atoms with Crippen molar-refractivity contribution < 1.29 is 0 Å². The molecule has 2 heterocycles. The van der Waals surface area contributed by atoms with Crippen molar-refractivity contribution in [1.29, 1.82) is 0 Å². The molecule has 3 rings (SSSR count). The van der Waals surface area contributed by atoms with Crippen LogP contribution in [0, 0.1) is 0 Å². The van der Waals surface area contributed by atoms with Gasteiger partial charge in [0.15, 0.2) is 0 Å². The lowest BCUT2D eigenvalue weighted by atomic mass is 10.1. The molecule has 1 atom stereocenters. The van der Waals surface area contributed by atoms with Crippen LogP contribution in [0.5, 0.6) is 0 Å². The smallest absolute Gasteiger partial charge is 0.148 e. The lowest BCUT2D eigenvalue weighted by Crippen LogP contribution is -2.21. The summed E-state index contributed by atoms with van der Waals surface area (Å²) in [7, 11) is 0. The summed E-state index contributed by atoms with van der Waals surface area (Å²) >= 11 is 3.34. The average molecular weight is 301 g/mol. The molecule has 0 amide bonds. The van der Waals surface area contributed by atoms with Crippen molar-refractivity contribution in [2.75, 3.05) is 6.54 Å². The van der Waals surface area contributed by atoms with Gasteiger partial charge in [-0.1, -0.05) is 48.6 Å². The van der Waals surface area contributed by atoms with Crippen LogP contribution in [-0.2, 0) is 0 Å². The van der Waals surface area contributed by atoms with Gasteiger partial charge >= 0.3 is 0 Å². The quantitative estimate of drug-likeness (QED) is 0.775. The Morgan fingerprint density at radius 2 is 2.00 bits per heavy atom. The molecule has 0 saturated heterocycles. The van der Waals surface area contributed by atoms with Crippen LogP contribution in [-0.4, -0.2) is 16.7 Å². The molecule has 3 aromatic rings. The van der Waals surface area contributed by atoms with Crippen molar-refractivity contribution >= 4 is 22.7 Å². The van der Waals surface area contributed by atoms with Gasteiger partial charge in [0.25, 0.3) is 0 Å². The molecule has 1 aromatic carbocycles. The van der Waals surface area contributed by atoms with Crippen molar-refractivity contribution in [3.63, 3.8) is 0 Å². The van der Waals surface area contributed by atoms with Crippen LogP contribution in [0.1, 0.15) is 23.5 Å². The molecule has 1 unspecified atom stereocenters. The zero-order valence-corrected chi connectivity index (χ0v) is 12.7. The van der Waals surface area contributed by atoms with E-state index in [1.807, 2.05) is 6.07 Å². The molecule has 0 saturated carbocycles. The number of benzene rings is 1. The monoisotopic (exact) mass is 301 g/mol. The molecule has 0 spiro atoms. The van der Waals surface area contributed by atoms with Gasteiger partial charge in [0.2, 0.25) is 0 Å². The third kappa shape index (κ3) is 2.80. The van der Waals surface area contributed by atoms with E-state index in [1.165, 1.54) is 5.56 Å².